The number of hydrogen-bond acceptors (Lipinski definition) is 4. The van der Waals surface area contributed by atoms with E-state index in [1.54, 1.807) is 11.8 Å². The van der Waals surface area contributed by atoms with Gasteiger partial charge < -0.3 is 0 Å². The molecule has 0 saturated carbocycles. The SMILES string of the molecule is N#Cc1ccc(Cl)c(S(=O)(=O)NCC2CCCCS2)c1. The molecule has 1 aromatic rings. The minimum atomic E-state index is -3.67. The van der Waals surface area contributed by atoms with Gasteiger partial charge in [-0.15, -0.1) is 0 Å². The summed E-state index contributed by atoms with van der Waals surface area (Å²) in [6.07, 6.45) is 3.37. The molecule has 4 nitrogen and oxygen atoms in total. The Morgan fingerprint density at radius 3 is 2.90 bits per heavy atom. The van der Waals surface area contributed by atoms with E-state index in [1.165, 1.54) is 24.6 Å². The zero-order valence-corrected chi connectivity index (χ0v) is 13.2. The van der Waals surface area contributed by atoms with Crippen LogP contribution in [0.25, 0.3) is 0 Å². The molecule has 2 rings (SSSR count). The van der Waals surface area contributed by atoms with E-state index in [4.69, 9.17) is 16.9 Å². The van der Waals surface area contributed by atoms with Crippen LogP contribution in [-0.4, -0.2) is 26.0 Å². The highest BCUT2D eigenvalue weighted by Gasteiger charge is 2.21. The van der Waals surface area contributed by atoms with E-state index < -0.39 is 10.0 Å². The van der Waals surface area contributed by atoms with Crippen molar-refractivity contribution in [1.29, 1.82) is 5.26 Å². The number of rotatable bonds is 4. The zero-order chi connectivity index (χ0) is 14.6. The Bertz CT molecular complexity index is 620. The third-order valence-electron chi connectivity index (χ3n) is 3.12. The van der Waals surface area contributed by atoms with E-state index in [9.17, 15) is 8.42 Å². The fourth-order valence-corrected chi connectivity index (χ4v) is 4.98. The van der Waals surface area contributed by atoms with E-state index >= 15 is 0 Å². The van der Waals surface area contributed by atoms with Crippen molar-refractivity contribution in [3.63, 3.8) is 0 Å². The molecule has 1 aromatic carbocycles. The molecule has 0 spiro atoms. The van der Waals surface area contributed by atoms with Crippen LogP contribution in [0.4, 0.5) is 0 Å². The Morgan fingerprint density at radius 1 is 1.45 bits per heavy atom. The molecular formula is C13H15ClN2O2S2. The van der Waals surface area contributed by atoms with E-state index in [0.29, 0.717) is 11.8 Å². The highest BCUT2D eigenvalue weighted by Crippen LogP contribution is 2.26. The highest BCUT2D eigenvalue weighted by atomic mass is 35.5. The number of nitriles is 1. The molecule has 0 bridgehead atoms. The summed E-state index contributed by atoms with van der Waals surface area (Å²) < 4.78 is 27.1. The number of thioether (sulfide) groups is 1. The lowest BCUT2D eigenvalue weighted by atomic mass is 10.2. The van der Waals surface area contributed by atoms with Gasteiger partial charge in [-0.05, 0) is 36.8 Å². The summed E-state index contributed by atoms with van der Waals surface area (Å²) in [7, 11) is -3.67. The predicted octanol–water partition coefficient (Wildman–Crippen LogP) is 2.78. The number of hydrogen-bond donors (Lipinski definition) is 1. The molecule has 0 amide bonds. The van der Waals surface area contributed by atoms with Crippen molar-refractivity contribution in [2.75, 3.05) is 12.3 Å². The topological polar surface area (TPSA) is 70.0 Å². The Kier molecular flexibility index (Phi) is 5.33. The molecule has 1 aliphatic heterocycles. The first-order chi connectivity index (χ1) is 9.53. The molecular weight excluding hydrogens is 316 g/mol. The maximum atomic E-state index is 12.2. The van der Waals surface area contributed by atoms with Crippen LogP contribution in [0.3, 0.4) is 0 Å². The molecule has 1 aliphatic rings. The second kappa shape index (κ2) is 6.81. The predicted molar refractivity (Wildman–Crippen MR) is 81.5 cm³/mol. The lowest BCUT2D eigenvalue weighted by Crippen LogP contribution is -2.32. The van der Waals surface area contributed by atoms with Crippen LogP contribution in [-0.2, 0) is 10.0 Å². The lowest BCUT2D eigenvalue weighted by molar-refractivity contribution is 0.574. The molecule has 7 heteroatoms. The molecule has 1 heterocycles. The van der Waals surface area contributed by atoms with E-state index in [1.807, 2.05) is 6.07 Å². The normalized spacial score (nSPS) is 19.5. The van der Waals surface area contributed by atoms with E-state index in [0.717, 1.165) is 18.6 Å². The van der Waals surface area contributed by atoms with Crippen molar-refractivity contribution in [1.82, 2.24) is 4.72 Å². The largest absolute Gasteiger partial charge is 0.242 e. The summed E-state index contributed by atoms with van der Waals surface area (Å²) in [6.45, 7) is 0.403. The molecule has 1 unspecified atom stereocenters. The lowest BCUT2D eigenvalue weighted by Gasteiger charge is -2.21. The van der Waals surface area contributed by atoms with Gasteiger partial charge >= 0.3 is 0 Å². The Hall–Kier alpha value is -0.740. The second-order valence-electron chi connectivity index (χ2n) is 4.60. The van der Waals surface area contributed by atoms with Gasteiger partial charge in [-0.25, -0.2) is 13.1 Å². The fourth-order valence-electron chi connectivity index (χ4n) is 2.03. The monoisotopic (exact) mass is 330 g/mol. The van der Waals surface area contributed by atoms with Crippen molar-refractivity contribution in [3.05, 3.63) is 28.8 Å². The first kappa shape index (κ1) is 15.6. The first-order valence-corrected chi connectivity index (χ1v) is 9.25. The molecule has 1 saturated heterocycles. The third-order valence-corrected chi connectivity index (χ3v) is 6.43. The molecule has 0 aromatic heterocycles. The number of nitrogens with zero attached hydrogens (tertiary/aromatic N) is 1. The molecule has 1 atom stereocenters. The summed E-state index contributed by atoms with van der Waals surface area (Å²) in [5, 5.41) is 9.29. The van der Waals surface area contributed by atoms with Crippen LogP contribution < -0.4 is 4.72 Å². The van der Waals surface area contributed by atoms with Gasteiger partial charge in [0.1, 0.15) is 4.90 Å². The van der Waals surface area contributed by atoms with Gasteiger partial charge in [0.05, 0.1) is 16.7 Å². The van der Waals surface area contributed by atoms with Crippen molar-refractivity contribution in [3.8, 4) is 6.07 Å². The Labute approximate surface area is 128 Å². The van der Waals surface area contributed by atoms with Gasteiger partial charge in [0.15, 0.2) is 0 Å². The number of sulfonamides is 1. The maximum absolute atomic E-state index is 12.2. The molecule has 1 fully saturated rings. The smallest absolute Gasteiger partial charge is 0.210 e. The van der Waals surface area contributed by atoms with Crippen LogP contribution in [0.1, 0.15) is 24.8 Å². The molecule has 0 aliphatic carbocycles. The van der Waals surface area contributed by atoms with Gasteiger partial charge in [-0.3, -0.25) is 0 Å². The Morgan fingerprint density at radius 2 is 2.25 bits per heavy atom. The summed E-state index contributed by atoms with van der Waals surface area (Å²) in [5.74, 6) is 1.08. The average Bonchev–Trinajstić information content (AvgIpc) is 2.47. The standard InChI is InChI=1S/C13H15ClN2O2S2/c14-12-5-4-10(8-15)7-13(12)20(17,18)16-9-11-3-1-2-6-19-11/h4-5,7,11,16H,1-3,6,9H2. The van der Waals surface area contributed by atoms with Crippen LogP contribution in [0.15, 0.2) is 23.1 Å². The van der Waals surface area contributed by atoms with Crippen molar-refractivity contribution >= 4 is 33.4 Å². The van der Waals surface area contributed by atoms with Gasteiger partial charge in [0, 0.05) is 11.8 Å². The van der Waals surface area contributed by atoms with Gasteiger partial charge in [-0.2, -0.15) is 17.0 Å². The summed E-state index contributed by atoms with van der Waals surface area (Å²) in [4.78, 5) is -0.0287. The average molecular weight is 331 g/mol. The van der Waals surface area contributed by atoms with Gasteiger partial charge in [0.2, 0.25) is 10.0 Å². The minimum Gasteiger partial charge on any atom is -0.210 e. The number of halogens is 1. The fraction of sp³-hybridized carbons (Fsp3) is 0.462. The van der Waals surface area contributed by atoms with Crippen molar-refractivity contribution in [2.24, 2.45) is 0 Å². The van der Waals surface area contributed by atoms with Crippen LogP contribution in [0.2, 0.25) is 5.02 Å². The highest BCUT2D eigenvalue weighted by molar-refractivity contribution is 8.00. The number of benzene rings is 1. The molecule has 0 radical (unpaired) electrons. The van der Waals surface area contributed by atoms with Gasteiger partial charge in [-0.1, -0.05) is 18.0 Å². The van der Waals surface area contributed by atoms with Crippen molar-refractivity contribution < 1.29 is 8.42 Å². The quantitative estimate of drug-likeness (QED) is 0.921. The van der Waals surface area contributed by atoms with Crippen molar-refractivity contribution in [2.45, 2.75) is 29.4 Å². The summed E-state index contributed by atoms with van der Waals surface area (Å²) >= 11 is 7.72. The number of nitrogens with one attached hydrogen (secondary N) is 1. The summed E-state index contributed by atoms with van der Waals surface area (Å²) in [6, 6.07) is 6.15. The molecule has 1 N–H and O–H groups in total. The maximum Gasteiger partial charge on any atom is 0.242 e. The Balaban J connectivity index is 2.11. The van der Waals surface area contributed by atoms with Crippen LogP contribution in [0.5, 0.6) is 0 Å². The first-order valence-electron chi connectivity index (χ1n) is 6.34. The molecule has 20 heavy (non-hydrogen) atoms. The van der Waals surface area contributed by atoms with Gasteiger partial charge in [0.25, 0.3) is 0 Å². The van der Waals surface area contributed by atoms with E-state index in [2.05, 4.69) is 4.72 Å². The van der Waals surface area contributed by atoms with E-state index in [-0.39, 0.29) is 15.5 Å². The second-order valence-corrected chi connectivity index (χ2v) is 8.15. The van der Waals surface area contributed by atoms with Crippen LogP contribution >= 0.6 is 23.4 Å². The summed E-state index contributed by atoms with van der Waals surface area (Å²) in [5.41, 5.74) is 0.279. The third kappa shape index (κ3) is 3.89. The van der Waals surface area contributed by atoms with Crippen LogP contribution in [0, 0.1) is 11.3 Å². The minimum absolute atomic E-state index is 0.0287. The molecule has 108 valence electrons. The zero-order valence-electron chi connectivity index (χ0n) is 10.8.